The van der Waals surface area contributed by atoms with Crippen LogP contribution >= 0.6 is 0 Å². The largest absolute Gasteiger partial charge is 0.370 e. The Labute approximate surface area is 242 Å². The highest BCUT2D eigenvalue weighted by Crippen LogP contribution is 2.30. The van der Waals surface area contributed by atoms with Crippen molar-refractivity contribution in [2.24, 2.45) is 17.6 Å². The lowest BCUT2D eigenvalue weighted by atomic mass is 9.87. The molecule has 1 aliphatic heterocycles. The van der Waals surface area contributed by atoms with Gasteiger partial charge in [-0.25, -0.2) is 0 Å². The molecule has 1 saturated heterocycles. The van der Waals surface area contributed by atoms with Crippen LogP contribution in [-0.2, 0) is 22.4 Å². The Morgan fingerprint density at radius 3 is 2.59 bits per heavy atom. The molecule has 0 saturated carbocycles. The molecule has 0 bridgehead atoms. The molecule has 5 rings (SSSR count). The Morgan fingerprint density at radius 1 is 1.02 bits per heavy atom. The standard InChI is InChI=1S/C33H41N5O3/c1-22-20-38(32(41)27-14-15-30(39)29-11-5-4-9-26(29)19-27)28(10-6-16-36-33(34)35)21-37(22)31(40)18-23-12-13-24-7-2-3-8-25(24)17-23/h2-5,7-9,11-13,22-23,27-28H,6,10,14-21H2,1H3,(H4,34,35,36)/t22-,23?,27?,28+/m1/s1. The second-order valence-electron chi connectivity index (χ2n) is 11.8. The smallest absolute Gasteiger partial charge is 0.226 e. The highest BCUT2D eigenvalue weighted by Gasteiger charge is 2.39. The molecular weight excluding hydrogens is 514 g/mol. The van der Waals surface area contributed by atoms with E-state index in [9.17, 15) is 14.4 Å². The molecule has 3 aliphatic rings. The quantitative estimate of drug-likeness (QED) is 0.208. The van der Waals surface area contributed by atoms with Gasteiger partial charge in [-0.05, 0) is 61.6 Å². The fourth-order valence-corrected chi connectivity index (χ4v) is 6.64. The first-order valence-electron chi connectivity index (χ1n) is 14.8. The summed E-state index contributed by atoms with van der Waals surface area (Å²) in [4.78, 5) is 44.4. The summed E-state index contributed by atoms with van der Waals surface area (Å²) in [5.74, 6) is 0.125. The average molecular weight is 556 g/mol. The number of amides is 2. The summed E-state index contributed by atoms with van der Waals surface area (Å²) in [6, 6.07) is 15.7. The lowest BCUT2D eigenvalue weighted by molar-refractivity contribution is -0.149. The third kappa shape index (κ3) is 6.69. The summed E-state index contributed by atoms with van der Waals surface area (Å²) in [7, 11) is 0. The molecule has 2 aromatic carbocycles. The first kappa shape index (κ1) is 28.6. The number of benzene rings is 2. The number of rotatable bonds is 7. The number of nitrogens with zero attached hydrogens (tertiary/aromatic N) is 2. The van der Waals surface area contributed by atoms with Gasteiger partial charge >= 0.3 is 0 Å². The number of carbonyl (C=O) groups is 3. The minimum atomic E-state index is -0.262. The normalized spacial score (nSPS) is 23.8. The zero-order valence-corrected chi connectivity index (χ0v) is 23.9. The van der Waals surface area contributed by atoms with Gasteiger partial charge in [-0.1, -0.05) is 60.7 Å². The van der Waals surface area contributed by atoms with Crippen LogP contribution in [0, 0.1) is 17.2 Å². The Morgan fingerprint density at radius 2 is 1.78 bits per heavy atom. The molecule has 2 aromatic rings. The van der Waals surface area contributed by atoms with Crippen LogP contribution in [-0.4, -0.2) is 65.1 Å². The van der Waals surface area contributed by atoms with E-state index in [0.717, 1.165) is 24.0 Å². The minimum Gasteiger partial charge on any atom is -0.370 e. The lowest BCUT2D eigenvalue weighted by Crippen LogP contribution is -2.61. The predicted octanol–water partition coefficient (Wildman–Crippen LogP) is 3.79. The van der Waals surface area contributed by atoms with E-state index in [1.54, 1.807) is 0 Å². The number of ketones is 1. The van der Waals surface area contributed by atoms with Gasteiger partial charge in [-0.3, -0.25) is 19.8 Å². The Balaban J connectivity index is 1.29. The maximum atomic E-state index is 14.1. The number of nitrogens with one attached hydrogen (secondary N) is 2. The van der Waals surface area contributed by atoms with Crippen LogP contribution in [0.25, 0.3) is 6.08 Å². The fraction of sp³-hybridized carbons (Fsp3) is 0.455. The molecule has 2 unspecified atom stereocenters. The molecule has 4 N–H and O–H groups in total. The van der Waals surface area contributed by atoms with Crippen molar-refractivity contribution in [3.05, 3.63) is 76.9 Å². The zero-order valence-electron chi connectivity index (χ0n) is 23.9. The Kier molecular flexibility index (Phi) is 8.86. The van der Waals surface area contributed by atoms with Crippen LogP contribution in [0.2, 0.25) is 0 Å². The van der Waals surface area contributed by atoms with E-state index in [-0.39, 0.29) is 47.5 Å². The molecule has 8 heteroatoms. The highest BCUT2D eigenvalue weighted by atomic mass is 16.2. The summed E-state index contributed by atoms with van der Waals surface area (Å²) >= 11 is 0. The van der Waals surface area contributed by atoms with E-state index in [1.807, 2.05) is 53.1 Å². The summed E-state index contributed by atoms with van der Waals surface area (Å²) in [5.41, 5.74) is 9.64. The Hall–Kier alpha value is -3.94. The van der Waals surface area contributed by atoms with Gasteiger partial charge in [0.05, 0.1) is 0 Å². The maximum absolute atomic E-state index is 14.1. The average Bonchev–Trinajstić information content (AvgIpc) is 3.14. The molecule has 0 spiro atoms. The molecule has 41 heavy (non-hydrogen) atoms. The molecule has 216 valence electrons. The molecule has 4 atom stereocenters. The van der Waals surface area contributed by atoms with Gasteiger partial charge in [0, 0.05) is 56.0 Å². The van der Waals surface area contributed by atoms with Crippen molar-refractivity contribution in [1.29, 1.82) is 5.41 Å². The first-order chi connectivity index (χ1) is 19.8. The first-order valence-corrected chi connectivity index (χ1v) is 14.8. The van der Waals surface area contributed by atoms with Gasteiger partial charge in [0.2, 0.25) is 11.8 Å². The third-order valence-corrected chi connectivity index (χ3v) is 8.85. The molecule has 8 nitrogen and oxygen atoms in total. The minimum absolute atomic E-state index is 0.0732. The van der Waals surface area contributed by atoms with E-state index in [2.05, 4.69) is 29.6 Å². The number of piperazine rings is 1. The zero-order chi connectivity index (χ0) is 28.9. The van der Waals surface area contributed by atoms with Crippen molar-refractivity contribution < 1.29 is 14.4 Å². The molecule has 0 aromatic heterocycles. The number of hydrogen-bond donors (Lipinski definition) is 3. The number of fused-ring (bicyclic) bond motifs is 2. The third-order valence-electron chi connectivity index (χ3n) is 8.85. The van der Waals surface area contributed by atoms with E-state index >= 15 is 0 Å². The highest BCUT2D eigenvalue weighted by molar-refractivity contribution is 5.98. The second kappa shape index (κ2) is 12.7. The van der Waals surface area contributed by atoms with E-state index in [4.69, 9.17) is 11.1 Å². The number of Topliss-reactive ketones (excluding diaryl/α,β-unsaturated/α-hetero) is 1. The van der Waals surface area contributed by atoms with Gasteiger partial charge in [0.1, 0.15) is 0 Å². The second-order valence-corrected chi connectivity index (χ2v) is 11.8. The molecule has 1 fully saturated rings. The number of guanidine groups is 1. The topological polar surface area (TPSA) is 120 Å². The molecular formula is C33H41N5O3. The monoisotopic (exact) mass is 555 g/mol. The van der Waals surface area contributed by atoms with Crippen LogP contribution in [0.4, 0.5) is 0 Å². The molecule has 2 aliphatic carbocycles. The Bertz CT molecular complexity index is 1340. The van der Waals surface area contributed by atoms with Crippen molar-refractivity contribution in [1.82, 2.24) is 15.1 Å². The molecule has 1 heterocycles. The lowest BCUT2D eigenvalue weighted by Gasteiger charge is -2.47. The number of carbonyl (C=O) groups excluding carboxylic acids is 3. The van der Waals surface area contributed by atoms with Crippen LogP contribution in [0.1, 0.15) is 66.1 Å². The van der Waals surface area contributed by atoms with Crippen molar-refractivity contribution in [3.8, 4) is 0 Å². The van der Waals surface area contributed by atoms with Crippen LogP contribution < -0.4 is 11.1 Å². The summed E-state index contributed by atoms with van der Waals surface area (Å²) in [6.07, 6.45) is 8.46. The molecule has 2 amide bonds. The van der Waals surface area contributed by atoms with E-state index in [1.165, 1.54) is 11.1 Å². The number of allylic oxidation sites excluding steroid dienone is 1. The van der Waals surface area contributed by atoms with E-state index in [0.29, 0.717) is 51.7 Å². The van der Waals surface area contributed by atoms with Gasteiger partial charge in [0.15, 0.2) is 11.7 Å². The summed E-state index contributed by atoms with van der Waals surface area (Å²) in [6.45, 7) is 3.53. The van der Waals surface area contributed by atoms with Gasteiger partial charge in [0.25, 0.3) is 0 Å². The summed E-state index contributed by atoms with van der Waals surface area (Å²) in [5, 5.41) is 10.3. The SMILES string of the molecule is C[C@@H]1CN(C(=O)C2CCC(=O)c3ccccc3C2)[C@@H](CCCNC(=N)N)CN1C(=O)CC1C=Cc2ccccc2C1. The van der Waals surface area contributed by atoms with Crippen LogP contribution in [0.5, 0.6) is 0 Å². The van der Waals surface area contributed by atoms with Crippen LogP contribution in [0.15, 0.2) is 54.6 Å². The van der Waals surface area contributed by atoms with Gasteiger partial charge in [-0.2, -0.15) is 0 Å². The van der Waals surface area contributed by atoms with Crippen molar-refractivity contribution in [3.63, 3.8) is 0 Å². The summed E-state index contributed by atoms with van der Waals surface area (Å²) < 4.78 is 0. The van der Waals surface area contributed by atoms with E-state index < -0.39 is 0 Å². The fourth-order valence-electron chi connectivity index (χ4n) is 6.64. The van der Waals surface area contributed by atoms with Crippen LogP contribution in [0.3, 0.4) is 0 Å². The van der Waals surface area contributed by atoms with Gasteiger partial charge < -0.3 is 20.9 Å². The number of hydrogen-bond acceptors (Lipinski definition) is 4. The predicted molar refractivity (Wildman–Crippen MR) is 160 cm³/mol. The van der Waals surface area contributed by atoms with Crippen molar-refractivity contribution in [2.45, 2.75) is 64.0 Å². The maximum Gasteiger partial charge on any atom is 0.226 e. The van der Waals surface area contributed by atoms with Gasteiger partial charge in [-0.15, -0.1) is 0 Å². The number of nitrogens with two attached hydrogens (primary N) is 1. The van der Waals surface area contributed by atoms with Crippen molar-refractivity contribution >= 4 is 29.6 Å². The van der Waals surface area contributed by atoms with Crippen molar-refractivity contribution in [2.75, 3.05) is 19.6 Å². The molecule has 0 radical (unpaired) electrons.